The number of carbonyl (C=O) groups excluding carboxylic acids is 1. The predicted octanol–water partition coefficient (Wildman–Crippen LogP) is 2.52. The number of carbonyl (C=O) groups is 1. The van der Waals surface area contributed by atoms with Crippen LogP contribution < -0.4 is 5.32 Å². The molecule has 8 nitrogen and oxygen atoms in total. The number of hydrogen-bond acceptors (Lipinski definition) is 5. The molecule has 0 heterocycles. The molecule has 1 N–H and O–H groups in total. The molecule has 0 radical (unpaired) electrons. The quantitative estimate of drug-likeness (QED) is 0.374. The minimum Gasteiger partial charge on any atom is -0.352 e. The second-order valence-electron chi connectivity index (χ2n) is 3.64. The Labute approximate surface area is 123 Å². The molecule has 0 unspecified atom stereocenters. The molecule has 1 aromatic rings. The lowest BCUT2D eigenvalue weighted by Crippen LogP contribution is -2.25. The molecule has 0 spiro atoms. The van der Waals surface area contributed by atoms with Gasteiger partial charge in [-0.2, -0.15) is 0 Å². The van der Waals surface area contributed by atoms with E-state index in [4.69, 9.17) is 23.2 Å². The molecule has 1 rings (SSSR count). The molecule has 108 valence electrons. The Balaban J connectivity index is 3.20. The van der Waals surface area contributed by atoms with Gasteiger partial charge in [-0.05, 0) is 6.42 Å². The summed E-state index contributed by atoms with van der Waals surface area (Å²) in [7, 11) is 0. The average molecular weight is 322 g/mol. The van der Waals surface area contributed by atoms with Crippen molar-refractivity contribution >= 4 is 40.5 Å². The van der Waals surface area contributed by atoms with E-state index in [-0.39, 0.29) is 12.1 Å². The summed E-state index contributed by atoms with van der Waals surface area (Å²) in [6, 6.07) is 1.60. The maximum atomic E-state index is 11.8. The Morgan fingerprint density at radius 1 is 1.25 bits per heavy atom. The third-order valence-corrected chi connectivity index (χ3v) is 2.95. The molecule has 0 aliphatic carbocycles. The highest BCUT2D eigenvalue weighted by molar-refractivity contribution is 6.36. The minimum absolute atomic E-state index is 0.231. The molecule has 0 aliphatic heterocycles. The average Bonchev–Trinajstić information content (AvgIpc) is 2.38. The summed E-state index contributed by atoms with van der Waals surface area (Å²) in [5.74, 6) is -0.407. The van der Waals surface area contributed by atoms with E-state index in [0.29, 0.717) is 18.4 Å². The summed E-state index contributed by atoms with van der Waals surface area (Å²) in [6.07, 6.45) is 0.488. The molecular weight excluding hydrogens is 313 g/mol. The normalized spacial score (nSPS) is 10.1. The van der Waals surface area contributed by atoms with Crippen LogP contribution in [0.4, 0.5) is 11.4 Å². The number of nitrogens with zero attached hydrogens (tertiary/aromatic N) is 2. The van der Waals surface area contributed by atoms with Crippen LogP contribution in [-0.2, 0) is 0 Å². The number of rotatable bonds is 6. The van der Waals surface area contributed by atoms with Crippen molar-refractivity contribution in [1.82, 2.24) is 5.32 Å². The Morgan fingerprint density at radius 2 is 1.90 bits per heavy atom. The molecule has 1 aromatic carbocycles. The summed E-state index contributed by atoms with van der Waals surface area (Å²) in [5, 5.41) is 23.5. The standard InChI is InChI=1S/C10H9Cl2N3O5/c11-2-1-3-13-10(16)7-4-6(14(17)18)5-8(9(7)12)15(19)20/h4-5H,1-3H2,(H,13,16). The third kappa shape index (κ3) is 3.78. The molecule has 0 bridgehead atoms. The van der Waals surface area contributed by atoms with Gasteiger partial charge in [0.2, 0.25) is 0 Å². The number of nitro groups is 2. The Hall–Kier alpha value is -1.93. The molecule has 0 saturated heterocycles. The van der Waals surface area contributed by atoms with Gasteiger partial charge in [0.1, 0.15) is 5.02 Å². The summed E-state index contributed by atoms with van der Waals surface area (Å²) < 4.78 is 0. The van der Waals surface area contributed by atoms with Crippen molar-refractivity contribution in [3.05, 3.63) is 42.9 Å². The van der Waals surface area contributed by atoms with Crippen LogP contribution in [0.15, 0.2) is 12.1 Å². The lowest BCUT2D eigenvalue weighted by molar-refractivity contribution is -0.394. The van der Waals surface area contributed by atoms with E-state index < -0.39 is 32.2 Å². The number of non-ortho nitro benzene ring substituents is 1. The molecule has 1 amide bonds. The molecular formula is C10H9Cl2N3O5. The number of halogens is 2. The van der Waals surface area contributed by atoms with Gasteiger partial charge < -0.3 is 5.32 Å². The number of nitrogens with one attached hydrogen (secondary N) is 1. The summed E-state index contributed by atoms with van der Waals surface area (Å²) in [6.45, 7) is 0.231. The number of alkyl halides is 1. The van der Waals surface area contributed by atoms with Gasteiger partial charge in [-0.25, -0.2) is 0 Å². The first-order valence-electron chi connectivity index (χ1n) is 5.35. The van der Waals surface area contributed by atoms with Crippen LogP contribution >= 0.6 is 23.2 Å². The van der Waals surface area contributed by atoms with E-state index in [9.17, 15) is 25.0 Å². The van der Waals surface area contributed by atoms with Crippen molar-refractivity contribution in [1.29, 1.82) is 0 Å². The van der Waals surface area contributed by atoms with Gasteiger partial charge in [-0.3, -0.25) is 25.0 Å². The van der Waals surface area contributed by atoms with E-state index in [0.717, 1.165) is 6.07 Å². The zero-order valence-corrected chi connectivity index (χ0v) is 11.5. The van der Waals surface area contributed by atoms with E-state index in [1.165, 1.54) is 0 Å². The van der Waals surface area contributed by atoms with E-state index >= 15 is 0 Å². The lowest BCUT2D eigenvalue weighted by atomic mass is 10.1. The van der Waals surface area contributed by atoms with Crippen LogP contribution in [0.5, 0.6) is 0 Å². The maximum absolute atomic E-state index is 11.8. The van der Waals surface area contributed by atoms with Crippen LogP contribution in [0.1, 0.15) is 16.8 Å². The summed E-state index contributed by atoms with van der Waals surface area (Å²) >= 11 is 11.2. The Morgan fingerprint density at radius 3 is 2.40 bits per heavy atom. The Kier molecular flexibility index (Phi) is 5.66. The van der Waals surface area contributed by atoms with Gasteiger partial charge >= 0.3 is 0 Å². The highest BCUT2D eigenvalue weighted by Gasteiger charge is 2.26. The number of nitro benzene ring substituents is 2. The third-order valence-electron chi connectivity index (χ3n) is 2.29. The highest BCUT2D eigenvalue weighted by Crippen LogP contribution is 2.32. The second-order valence-corrected chi connectivity index (χ2v) is 4.40. The van der Waals surface area contributed by atoms with E-state index in [1.54, 1.807) is 0 Å². The van der Waals surface area contributed by atoms with Crippen molar-refractivity contribution in [3.63, 3.8) is 0 Å². The zero-order valence-electron chi connectivity index (χ0n) is 9.97. The first kappa shape index (κ1) is 16.1. The molecule has 0 atom stereocenters. The fourth-order valence-electron chi connectivity index (χ4n) is 1.36. The lowest BCUT2D eigenvalue weighted by Gasteiger charge is -2.06. The topological polar surface area (TPSA) is 115 Å². The van der Waals surface area contributed by atoms with Gasteiger partial charge in [0.05, 0.1) is 21.5 Å². The van der Waals surface area contributed by atoms with Crippen molar-refractivity contribution in [2.24, 2.45) is 0 Å². The van der Waals surface area contributed by atoms with E-state index in [1.807, 2.05) is 0 Å². The zero-order chi connectivity index (χ0) is 15.3. The van der Waals surface area contributed by atoms with Gasteiger partial charge in [0.15, 0.2) is 0 Å². The van der Waals surface area contributed by atoms with Crippen LogP contribution in [0.25, 0.3) is 0 Å². The SMILES string of the molecule is O=C(NCCCCl)c1cc([N+](=O)[O-])cc([N+](=O)[O-])c1Cl. The minimum atomic E-state index is -0.884. The van der Waals surface area contributed by atoms with Crippen LogP contribution in [-0.4, -0.2) is 28.2 Å². The largest absolute Gasteiger partial charge is 0.352 e. The van der Waals surface area contributed by atoms with Gasteiger partial charge in [-0.1, -0.05) is 11.6 Å². The van der Waals surface area contributed by atoms with Crippen LogP contribution in [0.2, 0.25) is 5.02 Å². The fourth-order valence-corrected chi connectivity index (χ4v) is 1.76. The maximum Gasteiger partial charge on any atom is 0.295 e. The molecule has 20 heavy (non-hydrogen) atoms. The van der Waals surface area contributed by atoms with Crippen molar-refractivity contribution in [2.75, 3.05) is 12.4 Å². The molecule has 10 heteroatoms. The van der Waals surface area contributed by atoms with Crippen molar-refractivity contribution in [3.8, 4) is 0 Å². The second kappa shape index (κ2) is 7.01. The fraction of sp³-hybridized carbons (Fsp3) is 0.300. The van der Waals surface area contributed by atoms with Crippen LogP contribution in [0.3, 0.4) is 0 Å². The molecule has 0 aliphatic rings. The smallest absolute Gasteiger partial charge is 0.295 e. The number of benzene rings is 1. The highest BCUT2D eigenvalue weighted by atomic mass is 35.5. The summed E-state index contributed by atoms with van der Waals surface area (Å²) in [4.78, 5) is 31.6. The monoisotopic (exact) mass is 321 g/mol. The first-order valence-corrected chi connectivity index (χ1v) is 6.26. The Bertz CT molecular complexity index is 564. The summed E-state index contributed by atoms with van der Waals surface area (Å²) in [5.41, 5.74) is -1.59. The van der Waals surface area contributed by atoms with E-state index in [2.05, 4.69) is 5.32 Å². The van der Waals surface area contributed by atoms with Crippen molar-refractivity contribution in [2.45, 2.75) is 6.42 Å². The molecule has 0 saturated carbocycles. The van der Waals surface area contributed by atoms with Gasteiger partial charge in [-0.15, -0.1) is 11.6 Å². The first-order chi connectivity index (χ1) is 9.38. The molecule has 0 fully saturated rings. The van der Waals surface area contributed by atoms with Gasteiger partial charge in [0, 0.05) is 18.5 Å². The van der Waals surface area contributed by atoms with Crippen LogP contribution in [0, 0.1) is 20.2 Å². The number of hydrogen-bond donors (Lipinski definition) is 1. The predicted molar refractivity (Wildman–Crippen MR) is 72.4 cm³/mol. The number of amides is 1. The molecule has 0 aromatic heterocycles. The van der Waals surface area contributed by atoms with Gasteiger partial charge in [0.25, 0.3) is 17.3 Å². The van der Waals surface area contributed by atoms with Crippen molar-refractivity contribution < 1.29 is 14.6 Å².